The summed E-state index contributed by atoms with van der Waals surface area (Å²) in [4.78, 5) is 19.1. The summed E-state index contributed by atoms with van der Waals surface area (Å²) < 4.78 is 5.22. The molecule has 6 heteroatoms. The molecule has 2 heterocycles. The number of aromatic amines is 1. The molecule has 1 aliphatic rings. The van der Waals surface area contributed by atoms with Crippen molar-refractivity contribution >= 4 is 38.1 Å². The summed E-state index contributed by atoms with van der Waals surface area (Å²) in [5, 5.41) is 11.0. The van der Waals surface area contributed by atoms with E-state index in [0.29, 0.717) is 22.0 Å². The van der Waals surface area contributed by atoms with Crippen molar-refractivity contribution in [2.75, 3.05) is 12.8 Å². The number of ether oxygens (including phenoxy) is 1. The Kier molecular flexibility index (Phi) is 4.07. The zero-order valence-electron chi connectivity index (χ0n) is 16.0. The summed E-state index contributed by atoms with van der Waals surface area (Å²) in [6, 6.07) is 11.5. The number of rotatable bonds is 2. The molecule has 0 unspecified atom stereocenters. The van der Waals surface area contributed by atoms with Crippen LogP contribution in [-0.2, 0) is 12.8 Å². The third-order valence-electron chi connectivity index (χ3n) is 5.75. The number of aryl methyl sites for hydroxylation is 2. The van der Waals surface area contributed by atoms with Gasteiger partial charge in [0.25, 0.3) is 0 Å². The van der Waals surface area contributed by atoms with E-state index < -0.39 is 0 Å². The fourth-order valence-corrected chi connectivity index (χ4v) is 5.61. The minimum Gasteiger partial charge on any atom is -0.497 e. The minimum absolute atomic E-state index is 0.0663. The van der Waals surface area contributed by atoms with Crippen molar-refractivity contribution < 1.29 is 4.74 Å². The molecule has 0 fully saturated rings. The van der Waals surface area contributed by atoms with Crippen LogP contribution in [0.2, 0.25) is 0 Å². The molecule has 3 N–H and O–H groups in total. The summed E-state index contributed by atoms with van der Waals surface area (Å²) in [5.41, 5.74) is 10.3. The Hall–Kier alpha value is -3.30. The molecule has 0 radical (unpaired) electrons. The van der Waals surface area contributed by atoms with Crippen molar-refractivity contribution in [1.29, 1.82) is 5.26 Å². The Morgan fingerprint density at radius 2 is 1.93 bits per heavy atom. The van der Waals surface area contributed by atoms with Crippen molar-refractivity contribution in [3.8, 4) is 22.9 Å². The van der Waals surface area contributed by atoms with Gasteiger partial charge >= 0.3 is 0 Å². The summed E-state index contributed by atoms with van der Waals surface area (Å²) in [5.74, 6) is 0.736. The Morgan fingerprint density at radius 1 is 1.17 bits per heavy atom. The fraction of sp³-hybridized carbons (Fsp3) is 0.217. The Bertz CT molecular complexity index is 1370. The monoisotopic (exact) mass is 401 g/mol. The zero-order valence-corrected chi connectivity index (χ0v) is 16.8. The Morgan fingerprint density at radius 3 is 2.66 bits per heavy atom. The largest absolute Gasteiger partial charge is 0.497 e. The van der Waals surface area contributed by atoms with Gasteiger partial charge in [-0.05, 0) is 55.0 Å². The number of fused-ring (bicyclic) bond motifs is 4. The first-order valence-electron chi connectivity index (χ1n) is 9.59. The number of methoxy groups -OCH3 is 1. The molecule has 4 aromatic rings. The minimum atomic E-state index is -0.0663. The number of H-pyrrole nitrogens is 1. The van der Waals surface area contributed by atoms with Gasteiger partial charge < -0.3 is 15.5 Å². The van der Waals surface area contributed by atoms with Crippen molar-refractivity contribution in [3.63, 3.8) is 0 Å². The summed E-state index contributed by atoms with van der Waals surface area (Å²) in [6.45, 7) is 0. The number of nitriles is 1. The van der Waals surface area contributed by atoms with Crippen molar-refractivity contribution in [2.45, 2.75) is 25.7 Å². The number of pyridine rings is 1. The van der Waals surface area contributed by atoms with Gasteiger partial charge in [-0.25, -0.2) is 0 Å². The van der Waals surface area contributed by atoms with Crippen molar-refractivity contribution in [3.05, 3.63) is 56.6 Å². The number of nitrogen functional groups attached to an aromatic ring is 1. The molecule has 2 aromatic carbocycles. The van der Waals surface area contributed by atoms with Crippen LogP contribution in [0.4, 0.5) is 5.69 Å². The van der Waals surface area contributed by atoms with Gasteiger partial charge in [-0.15, -0.1) is 11.3 Å². The fourth-order valence-electron chi connectivity index (χ4n) is 4.31. The molecule has 2 aromatic heterocycles. The molecular weight excluding hydrogens is 382 g/mol. The quantitative estimate of drug-likeness (QED) is 0.474. The smallest absolute Gasteiger partial charge is 0.200 e. The van der Waals surface area contributed by atoms with Crippen LogP contribution in [0.25, 0.3) is 32.2 Å². The van der Waals surface area contributed by atoms with Crippen molar-refractivity contribution in [2.24, 2.45) is 0 Å². The Labute approximate surface area is 171 Å². The molecule has 0 saturated carbocycles. The van der Waals surface area contributed by atoms with Gasteiger partial charge in [0, 0.05) is 10.4 Å². The molecule has 5 rings (SSSR count). The number of thiophene rings is 1. The van der Waals surface area contributed by atoms with Gasteiger partial charge in [0.1, 0.15) is 16.6 Å². The van der Waals surface area contributed by atoms with Gasteiger partial charge in [-0.2, -0.15) is 5.26 Å². The van der Waals surface area contributed by atoms with Crippen LogP contribution in [-0.4, -0.2) is 12.1 Å². The van der Waals surface area contributed by atoms with Crippen LogP contribution in [0, 0.1) is 11.3 Å². The Balaban J connectivity index is 1.84. The summed E-state index contributed by atoms with van der Waals surface area (Å²) in [7, 11) is 1.61. The molecule has 0 atom stereocenters. The number of nitrogens with zero attached hydrogens (tertiary/aromatic N) is 1. The molecule has 0 spiro atoms. The topological polar surface area (TPSA) is 91.9 Å². The number of hydrogen-bond acceptors (Lipinski definition) is 5. The number of anilines is 1. The second-order valence-corrected chi connectivity index (χ2v) is 8.45. The average Bonchev–Trinajstić information content (AvgIpc) is 3.12. The average molecular weight is 401 g/mol. The maximum Gasteiger partial charge on any atom is 0.200 e. The number of nitrogens with two attached hydrogens (primary N) is 1. The number of aromatic nitrogens is 1. The third kappa shape index (κ3) is 2.62. The maximum absolute atomic E-state index is 13.4. The van der Waals surface area contributed by atoms with E-state index in [1.807, 2.05) is 30.3 Å². The lowest BCUT2D eigenvalue weighted by molar-refractivity contribution is 0.415. The van der Waals surface area contributed by atoms with Crippen LogP contribution in [0.15, 0.2) is 35.1 Å². The first kappa shape index (κ1) is 17.8. The molecule has 0 amide bonds. The van der Waals surface area contributed by atoms with E-state index in [2.05, 4.69) is 11.1 Å². The van der Waals surface area contributed by atoms with Crippen LogP contribution >= 0.6 is 11.3 Å². The molecule has 0 bridgehead atoms. The maximum atomic E-state index is 13.4. The van der Waals surface area contributed by atoms with Gasteiger partial charge in [0.05, 0.1) is 34.6 Å². The second kappa shape index (κ2) is 6.64. The summed E-state index contributed by atoms with van der Waals surface area (Å²) >= 11 is 1.67. The van der Waals surface area contributed by atoms with Gasteiger partial charge in [0.15, 0.2) is 0 Å². The van der Waals surface area contributed by atoms with E-state index in [0.717, 1.165) is 52.8 Å². The van der Waals surface area contributed by atoms with E-state index >= 15 is 0 Å². The van der Waals surface area contributed by atoms with Crippen LogP contribution < -0.4 is 15.9 Å². The molecule has 0 aliphatic heterocycles. The molecule has 29 heavy (non-hydrogen) atoms. The van der Waals surface area contributed by atoms with E-state index in [1.165, 1.54) is 4.88 Å². The number of hydrogen-bond donors (Lipinski definition) is 2. The first-order chi connectivity index (χ1) is 14.1. The van der Waals surface area contributed by atoms with Crippen LogP contribution in [0.5, 0.6) is 5.75 Å². The third-order valence-corrected chi connectivity index (χ3v) is 6.96. The molecule has 144 valence electrons. The molecule has 5 nitrogen and oxygen atoms in total. The molecule has 0 saturated heterocycles. The van der Waals surface area contributed by atoms with E-state index in [4.69, 9.17) is 10.5 Å². The second-order valence-electron chi connectivity index (χ2n) is 7.34. The number of nitrogens with one attached hydrogen (secondary N) is 1. The normalized spacial score (nSPS) is 13.4. The molecule has 1 aliphatic carbocycles. The van der Waals surface area contributed by atoms with Gasteiger partial charge in [0.2, 0.25) is 5.43 Å². The van der Waals surface area contributed by atoms with Crippen LogP contribution in [0.3, 0.4) is 0 Å². The summed E-state index contributed by atoms with van der Waals surface area (Å²) in [6.07, 6.45) is 4.22. The lowest BCUT2D eigenvalue weighted by Crippen LogP contribution is -2.10. The highest BCUT2D eigenvalue weighted by Gasteiger charge is 2.22. The van der Waals surface area contributed by atoms with Crippen molar-refractivity contribution in [1.82, 2.24) is 4.98 Å². The first-order valence-corrected chi connectivity index (χ1v) is 10.4. The van der Waals surface area contributed by atoms with E-state index in [9.17, 15) is 10.1 Å². The lowest BCUT2D eigenvalue weighted by Gasteiger charge is -2.12. The highest BCUT2D eigenvalue weighted by molar-refractivity contribution is 7.18. The standard InChI is InChI=1S/C23H19N3O2S/c1-28-13-8-6-12(7-9-13)15-10-17-20(21(25)16(15)11-24)22(27)19-14-4-2-3-5-18(14)29-23(19)26-17/h6-10H,2-5,25H2,1H3,(H,26,27). The predicted octanol–water partition coefficient (Wildman–Crippen LogP) is 4.75. The lowest BCUT2D eigenvalue weighted by atomic mass is 9.93. The van der Waals surface area contributed by atoms with E-state index in [-0.39, 0.29) is 11.1 Å². The van der Waals surface area contributed by atoms with Gasteiger partial charge in [-0.1, -0.05) is 12.1 Å². The number of benzene rings is 2. The molecular formula is C23H19N3O2S. The highest BCUT2D eigenvalue weighted by Crippen LogP contribution is 2.38. The SMILES string of the molecule is COc1ccc(-c2cc3[nH]c4sc5c(c4c(=O)c3c(N)c2C#N)CCCC5)cc1. The highest BCUT2D eigenvalue weighted by atomic mass is 32.1. The van der Waals surface area contributed by atoms with E-state index in [1.54, 1.807) is 18.4 Å². The van der Waals surface area contributed by atoms with Crippen LogP contribution in [0.1, 0.15) is 28.8 Å². The van der Waals surface area contributed by atoms with Gasteiger partial charge in [-0.3, -0.25) is 4.79 Å². The zero-order chi connectivity index (χ0) is 20.1. The predicted molar refractivity (Wildman–Crippen MR) is 118 cm³/mol.